The number of alkyl halides is 6. The van der Waals surface area contributed by atoms with E-state index in [0.717, 1.165) is 24.1 Å². The van der Waals surface area contributed by atoms with Crippen molar-refractivity contribution < 1.29 is 49.8 Å². The number of carbonyl (C=O) groups excluding carboxylic acids is 2. The highest BCUT2D eigenvalue weighted by Crippen LogP contribution is 2.43. The van der Waals surface area contributed by atoms with E-state index in [4.69, 9.17) is 9.47 Å². The van der Waals surface area contributed by atoms with Crippen molar-refractivity contribution in [2.75, 3.05) is 18.6 Å². The number of benzene rings is 2. The molecule has 1 heterocycles. The Bertz CT molecular complexity index is 1130. The van der Waals surface area contributed by atoms with Crippen molar-refractivity contribution in [2.24, 2.45) is 0 Å². The summed E-state index contributed by atoms with van der Waals surface area (Å²) in [5.41, 5.74) is -3.26. The minimum absolute atomic E-state index is 0.0173. The molecule has 0 bridgehead atoms. The fourth-order valence-corrected chi connectivity index (χ4v) is 4.30. The van der Waals surface area contributed by atoms with Crippen molar-refractivity contribution in [1.29, 1.82) is 0 Å². The van der Waals surface area contributed by atoms with Gasteiger partial charge in [0.15, 0.2) is 0 Å². The standard InChI is InChI=1S/C24H23F7N2O4/c1-4-37-22(35)33-13(2)7-20(18-11-17(25)5-6-19(18)33)32(21(34)36-3)12-14-8-15(23(26,27)28)10-16(9-14)24(29,30)31/h5-6,8-11,13,20H,4,7,12H2,1-3H3/t13-,20+/m1/s1. The molecule has 0 aromatic heterocycles. The number of anilines is 1. The van der Waals surface area contributed by atoms with Crippen molar-refractivity contribution in [3.8, 4) is 0 Å². The molecule has 37 heavy (non-hydrogen) atoms. The third-order valence-electron chi connectivity index (χ3n) is 5.86. The van der Waals surface area contributed by atoms with Crippen molar-refractivity contribution in [3.63, 3.8) is 0 Å². The molecule has 0 radical (unpaired) electrons. The molecule has 0 spiro atoms. The lowest BCUT2D eigenvalue weighted by molar-refractivity contribution is -0.143. The number of halogens is 7. The second-order valence-corrected chi connectivity index (χ2v) is 8.38. The molecule has 2 amide bonds. The van der Waals surface area contributed by atoms with Gasteiger partial charge in [0.2, 0.25) is 0 Å². The maximum Gasteiger partial charge on any atom is 0.416 e. The Morgan fingerprint density at radius 1 is 1.03 bits per heavy atom. The van der Waals surface area contributed by atoms with Gasteiger partial charge < -0.3 is 9.47 Å². The number of nitrogens with zero attached hydrogens (tertiary/aromatic N) is 2. The molecule has 13 heteroatoms. The number of methoxy groups -OCH3 is 1. The van der Waals surface area contributed by atoms with Crippen LogP contribution in [0.15, 0.2) is 36.4 Å². The molecular formula is C24H23F7N2O4. The van der Waals surface area contributed by atoms with Crippen molar-refractivity contribution in [3.05, 3.63) is 64.5 Å². The van der Waals surface area contributed by atoms with Crippen LogP contribution in [0.5, 0.6) is 0 Å². The Balaban J connectivity index is 2.12. The first kappa shape index (κ1) is 28.1. The number of rotatable bonds is 4. The second kappa shape index (κ2) is 10.5. The van der Waals surface area contributed by atoms with E-state index in [1.54, 1.807) is 13.8 Å². The lowest BCUT2D eigenvalue weighted by Crippen LogP contribution is -2.47. The summed E-state index contributed by atoms with van der Waals surface area (Å²) in [7, 11) is 0.992. The Kier molecular flexibility index (Phi) is 7.94. The first-order valence-electron chi connectivity index (χ1n) is 11.1. The molecule has 2 aromatic rings. The van der Waals surface area contributed by atoms with Crippen LogP contribution in [0.4, 0.5) is 46.0 Å². The highest BCUT2D eigenvalue weighted by Gasteiger charge is 2.41. The Morgan fingerprint density at radius 3 is 2.14 bits per heavy atom. The van der Waals surface area contributed by atoms with Gasteiger partial charge in [0.1, 0.15) is 5.82 Å². The van der Waals surface area contributed by atoms with Crippen LogP contribution in [0.3, 0.4) is 0 Å². The number of amides is 2. The van der Waals surface area contributed by atoms with Crippen LogP contribution >= 0.6 is 0 Å². The predicted octanol–water partition coefficient (Wildman–Crippen LogP) is 6.93. The number of ether oxygens (including phenoxy) is 2. The molecule has 1 aliphatic heterocycles. The van der Waals surface area contributed by atoms with E-state index in [-0.39, 0.29) is 30.3 Å². The first-order valence-corrected chi connectivity index (χ1v) is 11.1. The number of carbonyl (C=O) groups is 2. The van der Waals surface area contributed by atoms with Crippen LogP contribution in [-0.2, 0) is 28.4 Å². The molecule has 0 saturated carbocycles. The fraction of sp³-hybridized carbons (Fsp3) is 0.417. The van der Waals surface area contributed by atoms with Crippen LogP contribution in [-0.4, -0.2) is 36.8 Å². The molecule has 1 aliphatic rings. The third-order valence-corrected chi connectivity index (χ3v) is 5.86. The summed E-state index contributed by atoms with van der Waals surface area (Å²) in [6.07, 6.45) is -12.0. The van der Waals surface area contributed by atoms with E-state index in [9.17, 15) is 40.3 Å². The van der Waals surface area contributed by atoms with E-state index in [1.807, 2.05) is 0 Å². The molecule has 2 atom stereocenters. The SMILES string of the molecule is CCOC(=O)N1c2ccc(F)cc2[C@@H](N(Cc2cc(C(F)(F)F)cc(C(F)(F)F)c2)C(=O)OC)C[C@H]1C. The van der Waals surface area contributed by atoms with Gasteiger partial charge in [-0.15, -0.1) is 0 Å². The number of hydrogen-bond acceptors (Lipinski definition) is 4. The summed E-state index contributed by atoms with van der Waals surface area (Å²) in [5, 5.41) is 0. The molecule has 0 fully saturated rings. The highest BCUT2D eigenvalue weighted by molar-refractivity contribution is 5.90. The minimum Gasteiger partial charge on any atom is -0.453 e. The van der Waals surface area contributed by atoms with Crippen molar-refractivity contribution in [2.45, 2.75) is 51.2 Å². The largest absolute Gasteiger partial charge is 0.453 e. The van der Waals surface area contributed by atoms with Gasteiger partial charge in [0, 0.05) is 18.2 Å². The minimum atomic E-state index is -5.08. The Labute approximate surface area is 207 Å². The van der Waals surface area contributed by atoms with E-state index in [2.05, 4.69) is 0 Å². The molecule has 2 aromatic carbocycles. The first-order chi connectivity index (χ1) is 17.2. The summed E-state index contributed by atoms with van der Waals surface area (Å²) < 4.78 is 104. The Hall–Kier alpha value is -3.51. The van der Waals surface area contributed by atoms with Gasteiger partial charge in [-0.05, 0) is 62.2 Å². The zero-order valence-corrected chi connectivity index (χ0v) is 19.9. The topological polar surface area (TPSA) is 59.1 Å². The van der Waals surface area contributed by atoms with Gasteiger partial charge in [0.05, 0.1) is 36.6 Å². The quantitative estimate of drug-likeness (QED) is 0.398. The van der Waals surface area contributed by atoms with Crippen LogP contribution in [0.1, 0.15) is 48.6 Å². The third kappa shape index (κ3) is 6.08. The molecule has 0 N–H and O–H groups in total. The Morgan fingerprint density at radius 2 is 1.62 bits per heavy atom. The van der Waals surface area contributed by atoms with Gasteiger partial charge >= 0.3 is 24.5 Å². The predicted molar refractivity (Wildman–Crippen MR) is 117 cm³/mol. The lowest BCUT2D eigenvalue weighted by atomic mass is 9.90. The molecular weight excluding hydrogens is 513 g/mol. The average Bonchev–Trinajstić information content (AvgIpc) is 2.80. The van der Waals surface area contributed by atoms with Crippen LogP contribution < -0.4 is 4.90 Å². The van der Waals surface area contributed by atoms with Gasteiger partial charge in [-0.3, -0.25) is 9.80 Å². The summed E-state index contributed by atoms with van der Waals surface area (Å²) >= 11 is 0. The summed E-state index contributed by atoms with van der Waals surface area (Å²) in [4.78, 5) is 27.5. The highest BCUT2D eigenvalue weighted by atomic mass is 19.4. The van der Waals surface area contributed by atoms with E-state index in [0.29, 0.717) is 12.1 Å². The van der Waals surface area contributed by atoms with Crippen LogP contribution in [0, 0.1) is 5.82 Å². The molecule has 0 saturated heterocycles. The number of hydrogen-bond donors (Lipinski definition) is 0. The maximum absolute atomic E-state index is 14.3. The lowest BCUT2D eigenvalue weighted by Gasteiger charge is -2.42. The molecule has 202 valence electrons. The summed E-state index contributed by atoms with van der Waals surface area (Å²) in [6, 6.07) is 2.71. The van der Waals surface area contributed by atoms with Gasteiger partial charge in [0.25, 0.3) is 0 Å². The molecule has 3 rings (SSSR count). The molecule has 6 nitrogen and oxygen atoms in total. The zero-order chi connectivity index (χ0) is 27.7. The monoisotopic (exact) mass is 536 g/mol. The molecule has 0 unspecified atom stereocenters. The van der Waals surface area contributed by atoms with Gasteiger partial charge in [-0.1, -0.05) is 0 Å². The number of fused-ring (bicyclic) bond motifs is 1. The normalized spacial score (nSPS) is 17.7. The van der Waals surface area contributed by atoms with Crippen molar-refractivity contribution >= 4 is 17.9 Å². The molecule has 0 aliphatic carbocycles. The second-order valence-electron chi connectivity index (χ2n) is 8.38. The fourth-order valence-electron chi connectivity index (χ4n) is 4.30. The van der Waals surface area contributed by atoms with E-state index in [1.165, 1.54) is 11.0 Å². The van der Waals surface area contributed by atoms with E-state index >= 15 is 0 Å². The smallest absolute Gasteiger partial charge is 0.416 e. The average molecular weight is 536 g/mol. The van der Waals surface area contributed by atoms with Crippen LogP contribution in [0.2, 0.25) is 0 Å². The van der Waals surface area contributed by atoms with E-state index < -0.39 is 65.7 Å². The zero-order valence-electron chi connectivity index (χ0n) is 19.9. The summed E-state index contributed by atoms with van der Waals surface area (Å²) in [5.74, 6) is -0.731. The van der Waals surface area contributed by atoms with Gasteiger partial charge in [-0.2, -0.15) is 26.3 Å². The maximum atomic E-state index is 14.3. The van der Waals surface area contributed by atoms with Crippen LogP contribution in [0.25, 0.3) is 0 Å². The van der Waals surface area contributed by atoms with Gasteiger partial charge in [-0.25, -0.2) is 14.0 Å². The summed E-state index contributed by atoms with van der Waals surface area (Å²) in [6.45, 7) is 2.53. The van der Waals surface area contributed by atoms with Crippen molar-refractivity contribution in [1.82, 2.24) is 4.90 Å².